The fourth-order valence-electron chi connectivity index (χ4n) is 6.13. The molecule has 1 aromatic heterocycles. The number of nitrogens with two attached hydrogens (primary N) is 1. The molecule has 6 heteroatoms. The van der Waals surface area contributed by atoms with Crippen LogP contribution in [0.3, 0.4) is 0 Å². The van der Waals surface area contributed by atoms with Crippen molar-refractivity contribution >= 4 is 17.3 Å². The quantitative estimate of drug-likeness (QED) is 0.431. The third-order valence-corrected chi connectivity index (χ3v) is 7.07. The Morgan fingerprint density at radius 3 is 2.36 bits per heavy atom. The zero-order valence-corrected chi connectivity index (χ0v) is 16.2. The monoisotopic (exact) mass is 377 g/mol. The van der Waals surface area contributed by atoms with E-state index in [1.165, 1.54) is 38.5 Å². The number of H-pyrrole nitrogens is 1. The summed E-state index contributed by atoms with van der Waals surface area (Å²) in [6, 6.07) is 9.37. The van der Waals surface area contributed by atoms with Crippen molar-refractivity contribution in [2.24, 2.45) is 22.9 Å². The van der Waals surface area contributed by atoms with Crippen LogP contribution >= 0.6 is 0 Å². The lowest BCUT2D eigenvalue weighted by molar-refractivity contribution is -0.00721. The number of anilines is 1. The Hall–Kier alpha value is -2.63. The van der Waals surface area contributed by atoms with Crippen molar-refractivity contribution in [2.45, 2.75) is 50.9 Å². The van der Waals surface area contributed by atoms with E-state index in [2.05, 4.69) is 20.7 Å². The standard InChI is InChI=1S/C22H27N5O/c1-13(17-2-4-18(23)5-3-17)24-27-21(28)19-9-20(26-25-19)22-10-14-6-15(11-22)8-16(7-14)12-22/h2-5,9,14-16H,6-8,10-12,23H2,1H3,(H,25,26)(H,27,28)/b24-13+. The van der Waals surface area contributed by atoms with E-state index in [-0.39, 0.29) is 11.3 Å². The highest BCUT2D eigenvalue weighted by Gasteiger charge is 2.52. The summed E-state index contributed by atoms with van der Waals surface area (Å²) in [5.41, 5.74) is 12.5. The molecule has 6 nitrogen and oxygen atoms in total. The summed E-state index contributed by atoms with van der Waals surface area (Å²) in [7, 11) is 0. The van der Waals surface area contributed by atoms with Crippen molar-refractivity contribution in [3.63, 3.8) is 0 Å². The van der Waals surface area contributed by atoms with Crippen LogP contribution in [0.5, 0.6) is 0 Å². The maximum Gasteiger partial charge on any atom is 0.291 e. The van der Waals surface area contributed by atoms with Gasteiger partial charge in [0.1, 0.15) is 0 Å². The number of carbonyl (C=O) groups is 1. The molecular weight excluding hydrogens is 350 g/mol. The van der Waals surface area contributed by atoms with Gasteiger partial charge in [-0.15, -0.1) is 0 Å². The number of nitrogens with zero attached hydrogens (tertiary/aromatic N) is 2. The van der Waals surface area contributed by atoms with Gasteiger partial charge in [0.15, 0.2) is 5.69 Å². The van der Waals surface area contributed by atoms with Gasteiger partial charge in [0.2, 0.25) is 0 Å². The second kappa shape index (κ2) is 6.47. The van der Waals surface area contributed by atoms with Crippen molar-refractivity contribution in [2.75, 3.05) is 5.73 Å². The number of benzene rings is 1. The van der Waals surface area contributed by atoms with Crippen LogP contribution in [-0.2, 0) is 5.41 Å². The van der Waals surface area contributed by atoms with E-state index in [9.17, 15) is 4.79 Å². The number of hydrogen-bond acceptors (Lipinski definition) is 4. The Kier molecular flexibility index (Phi) is 4.03. The minimum absolute atomic E-state index is 0.212. The van der Waals surface area contributed by atoms with Gasteiger partial charge >= 0.3 is 0 Å². The molecule has 4 aliphatic rings. The highest BCUT2D eigenvalue weighted by atomic mass is 16.2. The molecule has 4 fully saturated rings. The fraction of sp³-hybridized carbons (Fsp3) is 0.500. The van der Waals surface area contributed by atoms with Crippen molar-refractivity contribution in [1.29, 1.82) is 0 Å². The van der Waals surface area contributed by atoms with Gasteiger partial charge in [0.05, 0.1) is 5.71 Å². The van der Waals surface area contributed by atoms with Crippen LogP contribution in [0.25, 0.3) is 0 Å². The Labute approximate surface area is 165 Å². The van der Waals surface area contributed by atoms with Crippen molar-refractivity contribution in [3.8, 4) is 0 Å². The second-order valence-electron chi connectivity index (χ2n) is 9.12. The van der Waals surface area contributed by atoms with Crippen LogP contribution in [0.4, 0.5) is 5.69 Å². The van der Waals surface area contributed by atoms with Crippen LogP contribution in [0, 0.1) is 17.8 Å². The first-order valence-corrected chi connectivity index (χ1v) is 10.3. The zero-order chi connectivity index (χ0) is 19.3. The van der Waals surface area contributed by atoms with Crippen LogP contribution in [0.1, 0.15) is 67.2 Å². The van der Waals surface area contributed by atoms with Crippen LogP contribution in [0.15, 0.2) is 35.4 Å². The van der Waals surface area contributed by atoms with Gasteiger partial charge in [-0.25, -0.2) is 5.43 Å². The molecule has 6 rings (SSSR count). The minimum Gasteiger partial charge on any atom is -0.399 e. The number of hydrogen-bond donors (Lipinski definition) is 3. The van der Waals surface area contributed by atoms with E-state index >= 15 is 0 Å². The summed E-state index contributed by atoms with van der Waals surface area (Å²) in [6.07, 6.45) is 7.95. The smallest absolute Gasteiger partial charge is 0.291 e. The first kappa shape index (κ1) is 17.5. The second-order valence-corrected chi connectivity index (χ2v) is 9.12. The molecule has 4 bridgehead atoms. The van der Waals surface area contributed by atoms with Gasteiger partial charge in [0.25, 0.3) is 5.91 Å². The van der Waals surface area contributed by atoms with Gasteiger partial charge in [0, 0.05) is 16.8 Å². The number of nitrogen functional groups attached to an aromatic ring is 1. The zero-order valence-electron chi connectivity index (χ0n) is 16.2. The van der Waals surface area contributed by atoms with Crippen LogP contribution in [0.2, 0.25) is 0 Å². The first-order chi connectivity index (χ1) is 13.5. The predicted octanol–water partition coefficient (Wildman–Crippen LogP) is 3.61. The van der Waals surface area contributed by atoms with Crippen molar-refractivity contribution < 1.29 is 4.79 Å². The molecule has 4 N–H and O–H groups in total. The van der Waals surface area contributed by atoms with E-state index in [1.54, 1.807) is 0 Å². The third-order valence-electron chi connectivity index (χ3n) is 7.07. The number of rotatable bonds is 4. The maximum atomic E-state index is 12.6. The van der Waals surface area contributed by atoms with Gasteiger partial charge in [-0.05, 0) is 87.0 Å². The van der Waals surface area contributed by atoms with E-state index in [1.807, 2.05) is 37.3 Å². The Balaban J connectivity index is 1.30. The summed E-state index contributed by atoms with van der Waals surface area (Å²) in [6.45, 7) is 1.86. The SMILES string of the molecule is C/C(=N\NC(=O)c1cc(C23CC4CC(CC(C4)C2)C3)[nH]n1)c1ccc(N)cc1. The van der Waals surface area contributed by atoms with Gasteiger partial charge in [-0.3, -0.25) is 9.89 Å². The summed E-state index contributed by atoms with van der Waals surface area (Å²) < 4.78 is 0. The van der Waals surface area contributed by atoms with Gasteiger partial charge in [-0.1, -0.05) is 12.1 Å². The van der Waals surface area contributed by atoms with E-state index in [0.29, 0.717) is 11.4 Å². The maximum absolute atomic E-state index is 12.6. The summed E-state index contributed by atoms with van der Waals surface area (Å²) in [4.78, 5) is 12.6. The molecule has 4 aliphatic carbocycles. The highest BCUT2D eigenvalue weighted by molar-refractivity contribution is 6.00. The van der Waals surface area contributed by atoms with Gasteiger partial charge < -0.3 is 5.73 Å². The Morgan fingerprint density at radius 1 is 1.14 bits per heavy atom. The molecule has 0 spiro atoms. The van der Waals surface area contributed by atoms with E-state index < -0.39 is 0 Å². The molecule has 1 heterocycles. The highest BCUT2D eigenvalue weighted by Crippen LogP contribution is 2.60. The summed E-state index contributed by atoms with van der Waals surface area (Å²) in [5, 5.41) is 11.7. The molecular formula is C22H27N5O. The topological polar surface area (TPSA) is 96.2 Å². The number of nitrogens with one attached hydrogen (secondary N) is 2. The average molecular weight is 377 g/mol. The largest absolute Gasteiger partial charge is 0.399 e. The molecule has 0 radical (unpaired) electrons. The Bertz CT molecular complexity index is 891. The molecule has 0 aliphatic heterocycles. The molecule has 1 aromatic carbocycles. The summed E-state index contributed by atoms with van der Waals surface area (Å²) in [5.74, 6) is 2.30. The molecule has 4 saturated carbocycles. The van der Waals surface area contributed by atoms with Crippen molar-refractivity contribution in [3.05, 3.63) is 47.3 Å². The summed E-state index contributed by atoms with van der Waals surface area (Å²) >= 11 is 0. The number of amides is 1. The lowest BCUT2D eigenvalue weighted by Crippen LogP contribution is -2.48. The van der Waals surface area contributed by atoms with Crippen LogP contribution in [-0.4, -0.2) is 21.8 Å². The molecule has 0 saturated heterocycles. The van der Waals surface area contributed by atoms with E-state index in [0.717, 1.165) is 34.7 Å². The third kappa shape index (κ3) is 3.01. The van der Waals surface area contributed by atoms with Crippen LogP contribution < -0.4 is 11.2 Å². The fourth-order valence-corrected chi connectivity index (χ4v) is 6.13. The number of hydrazone groups is 1. The number of aromatic nitrogens is 2. The molecule has 0 atom stereocenters. The minimum atomic E-state index is -0.276. The molecule has 1 amide bonds. The molecule has 0 unspecified atom stereocenters. The van der Waals surface area contributed by atoms with Crippen molar-refractivity contribution in [1.82, 2.24) is 15.6 Å². The number of carbonyl (C=O) groups excluding carboxylic acids is 1. The normalized spacial score (nSPS) is 31.2. The lowest BCUT2D eigenvalue weighted by Gasteiger charge is -2.56. The molecule has 2 aromatic rings. The first-order valence-electron chi connectivity index (χ1n) is 10.3. The molecule has 28 heavy (non-hydrogen) atoms. The lowest BCUT2D eigenvalue weighted by atomic mass is 9.49. The van der Waals surface area contributed by atoms with Gasteiger partial charge in [-0.2, -0.15) is 10.2 Å². The molecule has 146 valence electrons. The van der Waals surface area contributed by atoms with E-state index in [4.69, 9.17) is 5.73 Å². The average Bonchev–Trinajstić information content (AvgIpc) is 3.16. The Morgan fingerprint density at radius 2 is 1.75 bits per heavy atom. The predicted molar refractivity (Wildman–Crippen MR) is 109 cm³/mol. The number of aromatic amines is 1.